The molecular formula is C15H19NO4. The van der Waals surface area contributed by atoms with E-state index in [1.165, 1.54) is 0 Å². The van der Waals surface area contributed by atoms with Crippen molar-refractivity contribution in [2.24, 2.45) is 0 Å². The molecule has 5 nitrogen and oxygen atoms in total. The van der Waals surface area contributed by atoms with E-state index in [2.05, 4.69) is 0 Å². The molecule has 108 valence electrons. The first-order valence-electron chi connectivity index (χ1n) is 6.66. The van der Waals surface area contributed by atoms with Crippen molar-refractivity contribution in [2.75, 3.05) is 20.3 Å². The second-order valence-electron chi connectivity index (χ2n) is 4.93. The lowest BCUT2D eigenvalue weighted by molar-refractivity contribution is -0.162. The smallest absolute Gasteiger partial charge is 0.331 e. The van der Waals surface area contributed by atoms with E-state index in [0.29, 0.717) is 30.9 Å². The topological polar surface area (TPSA) is 55.8 Å². The number of esters is 1. The van der Waals surface area contributed by atoms with Gasteiger partial charge < -0.3 is 14.4 Å². The van der Waals surface area contributed by atoms with Gasteiger partial charge in [0.2, 0.25) is 0 Å². The number of hydrogen-bond donors (Lipinski definition) is 0. The Bertz CT molecular complexity index is 511. The molecule has 0 radical (unpaired) electrons. The first-order valence-corrected chi connectivity index (χ1v) is 6.66. The molecule has 1 amide bonds. The molecule has 1 aliphatic rings. The highest BCUT2D eigenvalue weighted by Gasteiger charge is 2.50. The summed E-state index contributed by atoms with van der Waals surface area (Å²) in [5.41, 5.74) is -0.298. The first kappa shape index (κ1) is 14.4. The van der Waals surface area contributed by atoms with Crippen molar-refractivity contribution in [1.29, 1.82) is 0 Å². The summed E-state index contributed by atoms with van der Waals surface area (Å²) in [6.07, 6.45) is 0.633. The summed E-state index contributed by atoms with van der Waals surface area (Å²) in [6.45, 7) is 4.39. The molecule has 1 heterocycles. The second kappa shape index (κ2) is 5.53. The van der Waals surface area contributed by atoms with Gasteiger partial charge in [-0.2, -0.15) is 0 Å². The van der Waals surface area contributed by atoms with E-state index in [-0.39, 0.29) is 11.9 Å². The standard InChI is InChI=1S/C15H19NO4/c1-4-20-14(18)15(2)9-10-16(15)13(17)11-5-7-12(19-3)8-6-11/h5-8H,4,9-10H2,1-3H3. The number of carbonyl (C=O) groups is 2. The van der Waals surface area contributed by atoms with Crippen LogP contribution in [0.3, 0.4) is 0 Å². The summed E-state index contributed by atoms with van der Waals surface area (Å²) >= 11 is 0. The van der Waals surface area contributed by atoms with E-state index in [9.17, 15) is 9.59 Å². The third-order valence-electron chi connectivity index (χ3n) is 3.72. The molecule has 1 aromatic carbocycles. The van der Waals surface area contributed by atoms with Crippen LogP contribution in [0.4, 0.5) is 0 Å². The van der Waals surface area contributed by atoms with Crippen LogP contribution in [0.2, 0.25) is 0 Å². The van der Waals surface area contributed by atoms with Crippen molar-refractivity contribution in [2.45, 2.75) is 25.8 Å². The summed E-state index contributed by atoms with van der Waals surface area (Å²) in [6, 6.07) is 6.86. The molecule has 1 fully saturated rings. The number of benzene rings is 1. The van der Waals surface area contributed by atoms with Gasteiger partial charge in [-0.1, -0.05) is 0 Å². The van der Waals surface area contributed by atoms with Crippen LogP contribution < -0.4 is 4.74 Å². The number of amides is 1. The Morgan fingerprint density at radius 3 is 2.40 bits per heavy atom. The van der Waals surface area contributed by atoms with Gasteiger partial charge in [-0.05, 0) is 44.5 Å². The van der Waals surface area contributed by atoms with Crippen LogP contribution >= 0.6 is 0 Å². The number of likely N-dealkylation sites (tertiary alicyclic amines) is 1. The minimum Gasteiger partial charge on any atom is -0.497 e. The van der Waals surface area contributed by atoms with E-state index >= 15 is 0 Å². The van der Waals surface area contributed by atoms with Gasteiger partial charge in [-0.25, -0.2) is 4.79 Å². The summed E-state index contributed by atoms with van der Waals surface area (Å²) in [7, 11) is 1.57. The molecule has 0 N–H and O–H groups in total. The fraction of sp³-hybridized carbons (Fsp3) is 0.467. The number of methoxy groups -OCH3 is 1. The Balaban J connectivity index is 2.14. The zero-order chi connectivity index (χ0) is 14.8. The second-order valence-corrected chi connectivity index (χ2v) is 4.93. The number of hydrogen-bond acceptors (Lipinski definition) is 4. The Morgan fingerprint density at radius 1 is 1.30 bits per heavy atom. The molecular weight excluding hydrogens is 258 g/mol. The zero-order valence-corrected chi connectivity index (χ0v) is 12.0. The summed E-state index contributed by atoms with van der Waals surface area (Å²) in [5.74, 6) is 0.195. The Labute approximate surface area is 118 Å². The van der Waals surface area contributed by atoms with Crippen molar-refractivity contribution >= 4 is 11.9 Å². The molecule has 0 spiro atoms. The Hall–Kier alpha value is -2.04. The number of carbonyl (C=O) groups excluding carboxylic acids is 2. The lowest BCUT2D eigenvalue weighted by Crippen LogP contribution is -2.65. The number of ether oxygens (including phenoxy) is 2. The first-order chi connectivity index (χ1) is 9.52. The highest BCUT2D eigenvalue weighted by Crippen LogP contribution is 2.33. The van der Waals surface area contributed by atoms with Gasteiger partial charge in [0.15, 0.2) is 0 Å². The quantitative estimate of drug-likeness (QED) is 0.788. The highest BCUT2D eigenvalue weighted by molar-refractivity contribution is 5.99. The molecule has 5 heteroatoms. The lowest BCUT2D eigenvalue weighted by atomic mass is 9.86. The predicted molar refractivity (Wildman–Crippen MR) is 73.7 cm³/mol. The maximum Gasteiger partial charge on any atom is 0.331 e. The molecule has 20 heavy (non-hydrogen) atoms. The average Bonchev–Trinajstić information content (AvgIpc) is 2.45. The van der Waals surface area contributed by atoms with Crippen molar-refractivity contribution < 1.29 is 19.1 Å². The van der Waals surface area contributed by atoms with Crippen LogP contribution in [0.15, 0.2) is 24.3 Å². The zero-order valence-electron chi connectivity index (χ0n) is 12.0. The summed E-state index contributed by atoms with van der Waals surface area (Å²) in [5, 5.41) is 0. The van der Waals surface area contributed by atoms with Crippen molar-refractivity contribution in [1.82, 2.24) is 4.90 Å². The van der Waals surface area contributed by atoms with Crippen LogP contribution in [0.5, 0.6) is 5.75 Å². The van der Waals surface area contributed by atoms with Crippen LogP contribution in [0, 0.1) is 0 Å². The fourth-order valence-corrected chi connectivity index (χ4v) is 2.27. The number of rotatable bonds is 4. The molecule has 0 aromatic heterocycles. The van der Waals surface area contributed by atoms with E-state index in [4.69, 9.17) is 9.47 Å². The highest BCUT2D eigenvalue weighted by atomic mass is 16.5. The molecule has 1 aromatic rings. The van der Waals surface area contributed by atoms with E-state index in [1.54, 1.807) is 50.1 Å². The van der Waals surface area contributed by atoms with Gasteiger partial charge in [-0.3, -0.25) is 4.79 Å². The normalized spacial score (nSPS) is 21.1. The van der Waals surface area contributed by atoms with E-state index < -0.39 is 5.54 Å². The van der Waals surface area contributed by atoms with Crippen molar-refractivity contribution in [3.8, 4) is 5.75 Å². The predicted octanol–water partition coefficient (Wildman–Crippen LogP) is 1.86. The molecule has 1 unspecified atom stereocenters. The molecule has 0 aliphatic carbocycles. The van der Waals surface area contributed by atoms with Gasteiger partial charge >= 0.3 is 5.97 Å². The van der Waals surface area contributed by atoms with E-state index in [0.717, 1.165) is 0 Å². The largest absolute Gasteiger partial charge is 0.497 e. The van der Waals surface area contributed by atoms with Crippen LogP contribution in [0.1, 0.15) is 30.6 Å². The molecule has 0 saturated carbocycles. The lowest BCUT2D eigenvalue weighted by Gasteiger charge is -2.48. The SMILES string of the molecule is CCOC(=O)C1(C)CCN1C(=O)c1ccc(OC)cc1. The van der Waals surface area contributed by atoms with Crippen LogP contribution in [0.25, 0.3) is 0 Å². The van der Waals surface area contributed by atoms with Gasteiger partial charge in [0.25, 0.3) is 5.91 Å². The molecule has 0 bridgehead atoms. The van der Waals surface area contributed by atoms with Crippen LogP contribution in [-0.2, 0) is 9.53 Å². The maximum absolute atomic E-state index is 12.4. The van der Waals surface area contributed by atoms with Gasteiger partial charge in [0.1, 0.15) is 11.3 Å². The Kier molecular flexibility index (Phi) is 3.97. The minimum atomic E-state index is -0.840. The van der Waals surface area contributed by atoms with Gasteiger partial charge in [0.05, 0.1) is 13.7 Å². The van der Waals surface area contributed by atoms with Gasteiger partial charge in [-0.15, -0.1) is 0 Å². The monoisotopic (exact) mass is 277 g/mol. The molecule has 2 rings (SSSR count). The molecule has 1 atom stereocenters. The van der Waals surface area contributed by atoms with Gasteiger partial charge in [0, 0.05) is 12.1 Å². The average molecular weight is 277 g/mol. The van der Waals surface area contributed by atoms with Crippen molar-refractivity contribution in [3.05, 3.63) is 29.8 Å². The summed E-state index contributed by atoms with van der Waals surface area (Å²) in [4.78, 5) is 25.9. The van der Waals surface area contributed by atoms with Crippen LogP contribution in [-0.4, -0.2) is 42.6 Å². The summed E-state index contributed by atoms with van der Waals surface area (Å²) < 4.78 is 10.1. The molecule has 1 saturated heterocycles. The van der Waals surface area contributed by atoms with Crippen molar-refractivity contribution in [3.63, 3.8) is 0 Å². The minimum absolute atomic E-state index is 0.158. The number of nitrogens with zero attached hydrogens (tertiary/aromatic N) is 1. The fourth-order valence-electron chi connectivity index (χ4n) is 2.27. The third-order valence-corrected chi connectivity index (χ3v) is 3.72. The third kappa shape index (κ3) is 2.35. The molecule has 1 aliphatic heterocycles. The Morgan fingerprint density at radius 2 is 1.95 bits per heavy atom. The van der Waals surface area contributed by atoms with E-state index in [1.807, 2.05) is 0 Å². The maximum atomic E-state index is 12.4.